The van der Waals surface area contributed by atoms with Crippen LogP contribution in [0, 0.1) is 17.0 Å². The number of rotatable bonds is 6. The van der Waals surface area contributed by atoms with E-state index in [-0.39, 0.29) is 24.6 Å². The SMILES string of the molecule is CCOC(=O)c1c(C)n(C[C@H](O)c2ccc([N+](=O)[O-])cc2)c2c1cc(O)c1ccccc12. The minimum absolute atomic E-state index is 0.0479. The van der Waals surface area contributed by atoms with Crippen LogP contribution in [0.5, 0.6) is 5.75 Å². The smallest absolute Gasteiger partial charge is 0.340 e. The van der Waals surface area contributed by atoms with Gasteiger partial charge in [-0.05, 0) is 37.6 Å². The van der Waals surface area contributed by atoms with E-state index in [4.69, 9.17) is 4.74 Å². The quantitative estimate of drug-likeness (QED) is 0.260. The van der Waals surface area contributed by atoms with Crippen LogP contribution in [0.3, 0.4) is 0 Å². The van der Waals surface area contributed by atoms with Crippen LogP contribution in [0.15, 0.2) is 54.6 Å². The van der Waals surface area contributed by atoms with Crippen LogP contribution in [0.4, 0.5) is 5.69 Å². The van der Waals surface area contributed by atoms with Gasteiger partial charge in [-0.1, -0.05) is 24.3 Å². The van der Waals surface area contributed by atoms with Crippen LogP contribution in [0.25, 0.3) is 21.7 Å². The lowest BCUT2D eigenvalue weighted by atomic mass is 10.0. The number of phenolic OH excluding ortho intramolecular Hbond substituents is 1. The second-order valence-corrected chi connectivity index (χ2v) is 7.49. The highest BCUT2D eigenvalue weighted by molar-refractivity contribution is 6.16. The number of hydrogen-bond donors (Lipinski definition) is 2. The number of nitro groups is 1. The van der Waals surface area contributed by atoms with Gasteiger partial charge in [0.05, 0.1) is 35.3 Å². The molecule has 8 heteroatoms. The number of aromatic hydroxyl groups is 1. The maximum absolute atomic E-state index is 12.8. The molecule has 0 bridgehead atoms. The first kappa shape index (κ1) is 21.3. The monoisotopic (exact) mass is 434 g/mol. The molecule has 2 N–H and O–H groups in total. The van der Waals surface area contributed by atoms with Crippen LogP contribution in [0.1, 0.15) is 34.6 Å². The van der Waals surface area contributed by atoms with Crippen LogP contribution in [-0.2, 0) is 11.3 Å². The molecule has 3 aromatic carbocycles. The molecule has 0 spiro atoms. The van der Waals surface area contributed by atoms with E-state index in [2.05, 4.69) is 0 Å². The van der Waals surface area contributed by atoms with Gasteiger partial charge in [0.25, 0.3) is 5.69 Å². The predicted octanol–water partition coefficient (Wildman–Crippen LogP) is 4.63. The normalized spacial score (nSPS) is 12.2. The highest BCUT2D eigenvalue weighted by Gasteiger charge is 2.25. The Morgan fingerprint density at radius 1 is 1.12 bits per heavy atom. The van der Waals surface area contributed by atoms with E-state index in [1.54, 1.807) is 26.0 Å². The zero-order valence-electron chi connectivity index (χ0n) is 17.6. The Morgan fingerprint density at radius 3 is 2.41 bits per heavy atom. The number of fused-ring (bicyclic) bond motifs is 3. The van der Waals surface area contributed by atoms with Crippen LogP contribution >= 0.6 is 0 Å². The molecule has 32 heavy (non-hydrogen) atoms. The predicted molar refractivity (Wildman–Crippen MR) is 120 cm³/mol. The maximum Gasteiger partial charge on any atom is 0.340 e. The molecule has 0 amide bonds. The third-order valence-corrected chi connectivity index (χ3v) is 5.62. The van der Waals surface area contributed by atoms with Crippen molar-refractivity contribution < 1.29 is 24.7 Å². The fourth-order valence-corrected chi connectivity index (χ4v) is 4.11. The Kier molecular flexibility index (Phi) is 5.54. The molecule has 4 rings (SSSR count). The van der Waals surface area contributed by atoms with Crippen molar-refractivity contribution in [2.24, 2.45) is 0 Å². The van der Waals surface area contributed by atoms with Gasteiger partial charge in [0.2, 0.25) is 0 Å². The van der Waals surface area contributed by atoms with Gasteiger partial charge < -0.3 is 19.5 Å². The molecule has 0 radical (unpaired) electrons. The fourth-order valence-electron chi connectivity index (χ4n) is 4.11. The highest BCUT2D eigenvalue weighted by atomic mass is 16.6. The number of carbonyl (C=O) groups is 1. The summed E-state index contributed by atoms with van der Waals surface area (Å²) < 4.78 is 7.08. The summed E-state index contributed by atoms with van der Waals surface area (Å²) in [6.07, 6.45) is -0.979. The zero-order chi connectivity index (χ0) is 23.0. The fraction of sp³-hybridized carbons (Fsp3) is 0.208. The van der Waals surface area contributed by atoms with Crippen molar-refractivity contribution in [1.82, 2.24) is 4.57 Å². The van der Waals surface area contributed by atoms with Gasteiger partial charge in [-0.3, -0.25) is 10.1 Å². The summed E-state index contributed by atoms with van der Waals surface area (Å²) in [4.78, 5) is 23.2. The molecule has 0 saturated carbocycles. The number of esters is 1. The Hall–Kier alpha value is -3.91. The minimum atomic E-state index is -0.979. The number of hydrogen-bond acceptors (Lipinski definition) is 6. The van der Waals surface area contributed by atoms with Crippen LogP contribution < -0.4 is 0 Å². The average Bonchev–Trinajstić information content (AvgIpc) is 3.05. The molecule has 0 aliphatic rings. The Morgan fingerprint density at radius 2 is 1.78 bits per heavy atom. The molecule has 0 aliphatic heterocycles. The molecular formula is C24H22N2O6. The maximum atomic E-state index is 12.8. The third-order valence-electron chi connectivity index (χ3n) is 5.62. The number of phenols is 1. The zero-order valence-corrected chi connectivity index (χ0v) is 17.6. The van der Waals surface area contributed by atoms with E-state index in [0.29, 0.717) is 33.1 Å². The van der Waals surface area contributed by atoms with Crippen LogP contribution in [0.2, 0.25) is 0 Å². The first-order chi connectivity index (χ1) is 15.3. The number of aliphatic hydroxyl groups is 1. The standard InChI is InChI=1S/C24H22N2O6/c1-3-32-24(29)22-14(2)25(13-21(28)15-8-10-16(11-9-15)26(30)31)23-18-7-5-4-6-17(18)20(27)12-19(22)23/h4-12,21,27-28H,3,13H2,1-2H3/t21-/m0/s1. The van der Waals surface area contributed by atoms with Crippen molar-refractivity contribution >= 4 is 33.3 Å². The lowest BCUT2D eigenvalue weighted by Gasteiger charge is -2.16. The average molecular weight is 434 g/mol. The van der Waals surface area contributed by atoms with E-state index >= 15 is 0 Å². The summed E-state index contributed by atoms with van der Waals surface area (Å²) in [5.74, 6) is -0.458. The third kappa shape index (κ3) is 3.54. The van der Waals surface area contributed by atoms with E-state index in [9.17, 15) is 25.1 Å². The van der Waals surface area contributed by atoms with E-state index in [0.717, 1.165) is 5.39 Å². The molecule has 1 atom stereocenters. The molecule has 0 unspecified atom stereocenters. The van der Waals surface area contributed by atoms with E-state index < -0.39 is 17.0 Å². The molecule has 0 saturated heterocycles. The topological polar surface area (TPSA) is 115 Å². The molecule has 0 fully saturated rings. The number of nitro benzene ring substituents is 1. The number of nitrogens with zero attached hydrogens (tertiary/aromatic N) is 2. The van der Waals surface area contributed by atoms with Gasteiger partial charge in [0, 0.05) is 34.0 Å². The molecule has 1 aromatic heterocycles. The Balaban J connectivity index is 1.89. The summed E-state index contributed by atoms with van der Waals surface area (Å²) in [5, 5.41) is 34.3. The summed E-state index contributed by atoms with van der Waals surface area (Å²) in [6.45, 7) is 3.79. The van der Waals surface area contributed by atoms with Crippen molar-refractivity contribution in [2.75, 3.05) is 6.61 Å². The van der Waals surface area contributed by atoms with Crippen molar-refractivity contribution in [2.45, 2.75) is 26.5 Å². The number of benzene rings is 3. The number of aliphatic hydroxyl groups excluding tert-OH is 1. The minimum Gasteiger partial charge on any atom is -0.507 e. The first-order valence-corrected chi connectivity index (χ1v) is 10.2. The van der Waals surface area contributed by atoms with E-state index in [1.807, 2.05) is 22.8 Å². The summed E-state index contributed by atoms with van der Waals surface area (Å²) >= 11 is 0. The molecule has 0 aliphatic carbocycles. The van der Waals surface area contributed by atoms with Gasteiger partial charge in [0.15, 0.2) is 0 Å². The van der Waals surface area contributed by atoms with Gasteiger partial charge in [0.1, 0.15) is 5.75 Å². The van der Waals surface area contributed by atoms with Crippen molar-refractivity contribution in [3.8, 4) is 5.75 Å². The van der Waals surface area contributed by atoms with E-state index in [1.165, 1.54) is 24.3 Å². The van der Waals surface area contributed by atoms with Crippen LogP contribution in [-0.4, -0.2) is 32.3 Å². The molecule has 8 nitrogen and oxygen atoms in total. The number of aromatic nitrogens is 1. The van der Waals surface area contributed by atoms with Crippen molar-refractivity contribution in [1.29, 1.82) is 0 Å². The van der Waals surface area contributed by atoms with Crippen molar-refractivity contribution in [3.63, 3.8) is 0 Å². The summed E-state index contributed by atoms with van der Waals surface area (Å²) in [5.41, 5.74) is 2.07. The molecular weight excluding hydrogens is 412 g/mol. The second-order valence-electron chi connectivity index (χ2n) is 7.49. The second kappa shape index (κ2) is 8.32. The first-order valence-electron chi connectivity index (χ1n) is 10.2. The Bertz CT molecular complexity index is 1340. The number of non-ortho nitro benzene ring substituents is 1. The highest BCUT2D eigenvalue weighted by Crippen LogP contribution is 2.38. The Labute approximate surface area is 183 Å². The number of ether oxygens (including phenoxy) is 1. The molecule has 4 aromatic rings. The molecule has 164 valence electrons. The lowest BCUT2D eigenvalue weighted by molar-refractivity contribution is -0.384. The van der Waals surface area contributed by atoms with Gasteiger partial charge >= 0.3 is 5.97 Å². The number of carbonyl (C=O) groups excluding carboxylic acids is 1. The largest absolute Gasteiger partial charge is 0.507 e. The van der Waals surface area contributed by atoms with Gasteiger partial charge in [-0.2, -0.15) is 0 Å². The molecule has 1 heterocycles. The summed E-state index contributed by atoms with van der Waals surface area (Å²) in [6, 6.07) is 14.5. The van der Waals surface area contributed by atoms with Gasteiger partial charge in [-0.15, -0.1) is 0 Å². The van der Waals surface area contributed by atoms with Gasteiger partial charge in [-0.25, -0.2) is 4.79 Å². The van der Waals surface area contributed by atoms with Crippen molar-refractivity contribution in [3.05, 3.63) is 81.5 Å². The lowest BCUT2D eigenvalue weighted by Crippen LogP contribution is -2.12. The summed E-state index contributed by atoms with van der Waals surface area (Å²) in [7, 11) is 0.